The normalized spacial score (nSPS) is 21.1. The number of aliphatic imine (C=N–C) groups is 1. The van der Waals surface area contributed by atoms with Gasteiger partial charge < -0.3 is 10.0 Å². The van der Waals surface area contributed by atoms with Gasteiger partial charge in [0.1, 0.15) is 10.9 Å². The first-order valence-electron chi connectivity index (χ1n) is 9.02. The van der Waals surface area contributed by atoms with Crippen LogP contribution in [0.25, 0.3) is 0 Å². The number of fused-ring (bicyclic) bond motifs is 1. The van der Waals surface area contributed by atoms with E-state index in [4.69, 9.17) is 28.2 Å². The molecule has 0 aromatic heterocycles. The van der Waals surface area contributed by atoms with Crippen LogP contribution in [0.3, 0.4) is 0 Å². The highest BCUT2D eigenvalue weighted by Gasteiger charge is 2.46. The summed E-state index contributed by atoms with van der Waals surface area (Å²) in [6.07, 6.45) is 1.54. The van der Waals surface area contributed by atoms with E-state index in [1.165, 1.54) is 11.8 Å². The predicted molar refractivity (Wildman–Crippen MR) is 115 cm³/mol. The van der Waals surface area contributed by atoms with E-state index in [-0.39, 0.29) is 12.1 Å². The molecule has 2 aromatic carbocycles. The van der Waals surface area contributed by atoms with Crippen LogP contribution in [-0.2, 0) is 4.79 Å². The summed E-state index contributed by atoms with van der Waals surface area (Å²) in [7, 11) is 0. The van der Waals surface area contributed by atoms with E-state index in [9.17, 15) is 9.90 Å². The van der Waals surface area contributed by atoms with E-state index in [1.807, 2.05) is 48.5 Å². The zero-order chi connectivity index (χ0) is 19.8. The molecule has 144 valence electrons. The lowest BCUT2D eigenvalue weighted by Gasteiger charge is -2.30. The highest BCUT2D eigenvalue weighted by Crippen LogP contribution is 2.52. The molecular weight excluding hydrogens is 415 g/mol. The second kappa shape index (κ2) is 7.82. The number of carbonyl (C=O) groups is 1. The van der Waals surface area contributed by atoms with Crippen LogP contribution in [-0.4, -0.2) is 21.1 Å². The van der Waals surface area contributed by atoms with Crippen LogP contribution in [0.4, 0.5) is 0 Å². The van der Waals surface area contributed by atoms with Crippen LogP contribution >= 0.6 is 35.0 Å². The maximum absolute atomic E-state index is 11.8. The Hall–Kier alpha value is -1.95. The van der Waals surface area contributed by atoms with Crippen molar-refractivity contribution in [3.63, 3.8) is 0 Å². The fraction of sp³-hybridized carbons (Fsp3) is 0.238. The number of hydrogen-bond acceptors (Lipinski definition) is 4. The second-order valence-corrected chi connectivity index (χ2v) is 8.56. The van der Waals surface area contributed by atoms with Crippen molar-refractivity contribution in [1.29, 1.82) is 0 Å². The Balaban J connectivity index is 1.83. The number of carboxylic acid groups (broad SMARTS) is 1. The largest absolute Gasteiger partial charge is 0.477 e. The molecule has 0 saturated heterocycles. The van der Waals surface area contributed by atoms with Gasteiger partial charge in [0.2, 0.25) is 0 Å². The third-order valence-electron chi connectivity index (χ3n) is 4.88. The molecule has 0 bridgehead atoms. The van der Waals surface area contributed by atoms with Gasteiger partial charge >= 0.3 is 5.97 Å². The molecule has 0 fully saturated rings. The topological polar surface area (TPSA) is 52.9 Å². The van der Waals surface area contributed by atoms with Gasteiger partial charge in [0.05, 0.1) is 6.04 Å². The Morgan fingerprint density at radius 2 is 1.64 bits per heavy atom. The van der Waals surface area contributed by atoms with Gasteiger partial charge in [0.15, 0.2) is 5.17 Å². The highest BCUT2D eigenvalue weighted by molar-refractivity contribution is 8.18. The molecule has 4 nitrogen and oxygen atoms in total. The van der Waals surface area contributed by atoms with Crippen molar-refractivity contribution >= 4 is 46.1 Å². The molecule has 2 aliphatic rings. The minimum absolute atomic E-state index is 0.126. The van der Waals surface area contributed by atoms with Crippen molar-refractivity contribution in [1.82, 2.24) is 4.90 Å². The van der Waals surface area contributed by atoms with Gasteiger partial charge in [-0.2, -0.15) is 0 Å². The lowest BCUT2D eigenvalue weighted by molar-refractivity contribution is -0.131. The fourth-order valence-corrected chi connectivity index (χ4v) is 5.00. The number of carboxylic acids is 1. The van der Waals surface area contributed by atoms with Gasteiger partial charge in [-0.25, -0.2) is 4.79 Å². The molecule has 4 rings (SSSR count). The molecule has 2 atom stereocenters. The van der Waals surface area contributed by atoms with Crippen LogP contribution in [0.15, 0.2) is 64.1 Å². The van der Waals surface area contributed by atoms with Crippen molar-refractivity contribution in [3.8, 4) is 0 Å². The lowest BCUT2D eigenvalue weighted by Crippen LogP contribution is -2.27. The molecule has 0 radical (unpaired) electrons. The molecule has 28 heavy (non-hydrogen) atoms. The molecule has 0 aliphatic carbocycles. The van der Waals surface area contributed by atoms with E-state index in [0.29, 0.717) is 21.4 Å². The third-order valence-corrected chi connectivity index (χ3v) is 6.49. The molecular formula is C21H18Cl2N2O2S. The number of hydrogen-bond donors (Lipinski definition) is 1. The smallest absolute Gasteiger partial charge is 0.344 e. The van der Waals surface area contributed by atoms with Gasteiger partial charge in [0, 0.05) is 15.7 Å². The molecule has 0 amide bonds. The van der Waals surface area contributed by atoms with Crippen LogP contribution in [0.1, 0.15) is 43.0 Å². The summed E-state index contributed by atoms with van der Waals surface area (Å²) in [6.45, 7) is 2.05. The number of benzene rings is 2. The zero-order valence-electron chi connectivity index (χ0n) is 15.1. The summed E-state index contributed by atoms with van der Waals surface area (Å²) in [5, 5.41) is 11.8. The van der Waals surface area contributed by atoms with Crippen molar-refractivity contribution in [2.75, 3.05) is 0 Å². The average molecular weight is 433 g/mol. The Morgan fingerprint density at radius 1 is 1.07 bits per heavy atom. The Labute approximate surface area is 177 Å². The van der Waals surface area contributed by atoms with Gasteiger partial charge in [-0.15, -0.1) is 0 Å². The van der Waals surface area contributed by atoms with E-state index < -0.39 is 5.97 Å². The van der Waals surface area contributed by atoms with E-state index in [1.54, 1.807) is 0 Å². The number of thioether (sulfide) groups is 1. The Bertz CT molecular complexity index is 971. The fourth-order valence-electron chi connectivity index (χ4n) is 3.68. The van der Waals surface area contributed by atoms with Gasteiger partial charge in [-0.3, -0.25) is 4.99 Å². The standard InChI is InChI=1S/C21H18Cl2N2O2S/c1-2-3-16-19(20(26)27)28-21-24-17(12-4-8-14(22)9-5-12)18(25(16)21)13-6-10-15(23)11-7-13/h4-11,17-18H,2-3H2,1H3,(H,26,27). The predicted octanol–water partition coefficient (Wildman–Crippen LogP) is 6.29. The minimum atomic E-state index is -0.900. The molecule has 1 N–H and O–H groups in total. The van der Waals surface area contributed by atoms with E-state index in [0.717, 1.165) is 28.4 Å². The maximum Gasteiger partial charge on any atom is 0.344 e. The van der Waals surface area contributed by atoms with Crippen LogP contribution in [0, 0.1) is 0 Å². The first kappa shape index (κ1) is 19.4. The summed E-state index contributed by atoms with van der Waals surface area (Å²) in [5.74, 6) is -0.900. The van der Waals surface area contributed by atoms with Crippen LogP contribution in [0.5, 0.6) is 0 Å². The van der Waals surface area contributed by atoms with Crippen molar-refractivity contribution in [2.24, 2.45) is 4.99 Å². The SMILES string of the molecule is CCCC1=C(C(=O)O)SC2=NC(c3ccc(Cl)cc3)C(c3ccc(Cl)cc3)N21. The average Bonchev–Trinajstić information content (AvgIpc) is 3.21. The Kier molecular flexibility index (Phi) is 5.41. The first-order chi connectivity index (χ1) is 13.5. The van der Waals surface area contributed by atoms with Crippen LogP contribution in [0.2, 0.25) is 10.0 Å². The quantitative estimate of drug-likeness (QED) is 0.602. The third kappa shape index (κ3) is 3.43. The molecule has 2 aromatic rings. The number of aliphatic carboxylic acids is 1. The summed E-state index contributed by atoms with van der Waals surface area (Å²) >= 11 is 13.4. The second-order valence-electron chi connectivity index (χ2n) is 6.71. The van der Waals surface area contributed by atoms with Crippen LogP contribution < -0.4 is 0 Å². The molecule has 2 unspecified atom stereocenters. The van der Waals surface area contributed by atoms with Gasteiger partial charge in [-0.1, -0.05) is 60.8 Å². The summed E-state index contributed by atoms with van der Waals surface area (Å²) in [4.78, 5) is 19.2. The van der Waals surface area contributed by atoms with Crippen molar-refractivity contribution in [3.05, 3.63) is 80.3 Å². The summed E-state index contributed by atoms with van der Waals surface area (Å²) in [5.41, 5.74) is 2.92. The summed E-state index contributed by atoms with van der Waals surface area (Å²) in [6, 6.07) is 15.1. The number of nitrogens with zero attached hydrogens (tertiary/aromatic N) is 2. The lowest BCUT2D eigenvalue weighted by atomic mass is 9.93. The number of amidine groups is 1. The minimum Gasteiger partial charge on any atom is -0.477 e. The molecule has 2 heterocycles. The number of halogens is 2. The van der Waals surface area contributed by atoms with Gasteiger partial charge in [0.25, 0.3) is 0 Å². The van der Waals surface area contributed by atoms with Crippen molar-refractivity contribution < 1.29 is 9.90 Å². The summed E-state index contributed by atoms with van der Waals surface area (Å²) < 4.78 is 0. The highest BCUT2D eigenvalue weighted by atomic mass is 35.5. The van der Waals surface area contributed by atoms with Gasteiger partial charge in [-0.05, 0) is 53.6 Å². The zero-order valence-corrected chi connectivity index (χ0v) is 17.4. The number of rotatable bonds is 5. The molecule has 7 heteroatoms. The van der Waals surface area contributed by atoms with E-state index in [2.05, 4.69) is 11.8 Å². The monoisotopic (exact) mass is 432 g/mol. The Morgan fingerprint density at radius 3 is 2.18 bits per heavy atom. The maximum atomic E-state index is 11.8. The van der Waals surface area contributed by atoms with Crippen molar-refractivity contribution in [2.45, 2.75) is 31.8 Å². The molecule has 0 spiro atoms. The number of allylic oxidation sites excluding steroid dienone is 1. The van der Waals surface area contributed by atoms with E-state index >= 15 is 0 Å². The first-order valence-corrected chi connectivity index (χ1v) is 10.6. The molecule has 2 aliphatic heterocycles. The molecule has 0 saturated carbocycles.